The summed E-state index contributed by atoms with van der Waals surface area (Å²) in [5, 5.41) is 3.44. The van der Waals surface area contributed by atoms with E-state index in [1.54, 1.807) is 25.1 Å². The molecule has 0 aliphatic heterocycles. The van der Waals surface area contributed by atoms with Crippen molar-refractivity contribution in [3.63, 3.8) is 0 Å². The molecule has 118 valence electrons. The SMILES string of the molecule is CCNS(=O)(=O)c1ccc(N)c(NC2CCCCC2C)c1. The first-order valence-electron chi connectivity index (χ1n) is 7.59. The molecule has 0 heterocycles. The van der Waals surface area contributed by atoms with E-state index in [0.717, 1.165) is 6.42 Å². The van der Waals surface area contributed by atoms with Gasteiger partial charge in [-0.3, -0.25) is 0 Å². The van der Waals surface area contributed by atoms with Gasteiger partial charge < -0.3 is 11.1 Å². The summed E-state index contributed by atoms with van der Waals surface area (Å²) in [7, 11) is -3.45. The number of sulfonamides is 1. The van der Waals surface area contributed by atoms with Crippen LogP contribution in [0.2, 0.25) is 0 Å². The lowest BCUT2D eigenvalue weighted by molar-refractivity contribution is 0.349. The van der Waals surface area contributed by atoms with Crippen molar-refractivity contribution in [2.45, 2.75) is 50.5 Å². The molecule has 2 rings (SSSR count). The second kappa shape index (κ2) is 6.66. The first kappa shape index (κ1) is 16.1. The number of anilines is 2. The Morgan fingerprint density at radius 3 is 2.67 bits per heavy atom. The van der Waals surface area contributed by atoms with Crippen LogP contribution in [0.3, 0.4) is 0 Å². The Hall–Kier alpha value is -1.27. The van der Waals surface area contributed by atoms with E-state index >= 15 is 0 Å². The highest BCUT2D eigenvalue weighted by Gasteiger charge is 2.22. The van der Waals surface area contributed by atoms with Gasteiger partial charge in [-0.05, 0) is 37.0 Å². The largest absolute Gasteiger partial charge is 0.397 e. The highest BCUT2D eigenvalue weighted by Crippen LogP contribution is 2.30. The van der Waals surface area contributed by atoms with Crippen LogP contribution in [0.4, 0.5) is 11.4 Å². The summed E-state index contributed by atoms with van der Waals surface area (Å²) in [6.45, 7) is 4.36. The molecule has 2 unspecified atom stereocenters. The third-order valence-corrected chi connectivity index (χ3v) is 5.67. The number of hydrogen-bond acceptors (Lipinski definition) is 4. The van der Waals surface area contributed by atoms with Crippen LogP contribution in [0.25, 0.3) is 0 Å². The third kappa shape index (κ3) is 3.89. The molecule has 1 aromatic carbocycles. The van der Waals surface area contributed by atoms with Gasteiger partial charge in [0.05, 0.1) is 16.3 Å². The van der Waals surface area contributed by atoms with Crippen molar-refractivity contribution in [1.29, 1.82) is 0 Å². The average Bonchev–Trinajstić information content (AvgIpc) is 2.43. The molecule has 1 aliphatic rings. The minimum absolute atomic E-state index is 0.254. The number of rotatable bonds is 5. The lowest BCUT2D eigenvalue weighted by Crippen LogP contribution is -2.31. The summed E-state index contributed by atoms with van der Waals surface area (Å²) in [6, 6.07) is 5.19. The summed E-state index contributed by atoms with van der Waals surface area (Å²) in [5.74, 6) is 0.576. The molecule has 0 aromatic heterocycles. The van der Waals surface area contributed by atoms with Crippen LogP contribution in [-0.4, -0.2) is 21.0 Å². The maximum Gasteiger partial charge on any atom is 0.240 e. The maximum atomic E-state index is 12.1. The van der Waals surface area contributed by atoms with E-state index in [0.29, 0.717) is 29.9 Å². The van der Waals surface area contributed by atoms with Crippen LogP contribution in [0.1, 0.15) is 39.5 Å². The van der Waals surface area contributed by atoms with Gasteiger partial charge in [-0.2, -0.15) is 0 Å². The Labute approximate surface area is 127 Å². The zero-order valence-electron chi connectivity index (χ0n) is 12.7. The molecule has 0 saturated heterocycles. The fourth-order valence-corrected chi connectivity index (χ4v) is 3.90. The van der Waals surface area contributed by atoms with Gasteiger partial charge in [0.25, 0.3) is 0 Å². The molecule has 21 heavy (non-hydrogen) atoms. The van der Waals surface area contributed by atoms with E-state index in [1.807, 2.05) is 0 Å². The van der Waals surface area contributed by atoms with Crippen LogP contribution in [0.5, 0.6) is 0 Å². The Bertz CT molecular complexity index is 587. The van der Waals surface area contributed by atoms with E-state index in [9.17, 15) is 8.42 Å². The predicted molar refractivity (Wildman–Crippen MR) is 86.8 cm³/mol. The van der Waals surface area contributed by atoms with E-state index in [2.05, 4.69) is 17.0 Å². The highest BCUT2D eigenvalue weighted by atomic mass is 32.2. The smallest absolute Gasteiger partial charge is 0.240 e. The normalized spacial score (nSPS) is 23.0. The zero-order chi connectivity index (χ0) is 15.5. The summed E-state index contributed by atoms with van der Waals surface area (Å²) in [6.07, 6.45) is 4.78. The first-order chi connectivity index (χ1) is 9.94. The van der Waals surface area contributed by atoms with Gasteiger partial charge in [0.1, 0.15) is 0 Å². The van der Waals surface area contributed by atoms with Crippen LogP contribution in [0, 0.1) is 5.92 Å². The Morgan fingerprint density at radius 2 is 2.00 bits per heavy atom. The molecule has 4 N–H and O–H groups in total. The van der Waals surface area contributed by atoms with Crippen molar-refractivity contribution in [3.8, 4) is 0 Å². The standard InChI is InChI=1S/C15H25N3O2S/c1-3-17-21(19,20)12-8-9-13(16)15(10-12)18-14-7-5-4-6-11(14)2/h8-11,14,17-18H,3-7,16H2,1-2H3. The summed E-state index contributed by atoms with van der Waals surface area (Å²) in [5.41, 5.74) is 7.29. The van der Waals surface area contributed by atoms with Gasteiger partial charge >= 0.3 is 0 Å². The van der Waals surface area contributed by atoms with Crippen molar-refractivity contribution in [2.75, 3.05) is 17.6 Å². The Balaban J connectivity index is 2.23. The molecule has 0 spiro atoms. The molecular formula is C15H25N3O2S. The second-order valence-corrected chi connectivity index (χ2v) is 7.53. The lowest BCUT2D eigenvalue weighted by Gasteiger charge is -2.31. The van der Waals surface area contributed by atoms with Gasteiger partial charge in [0.2, 0.25) is 10.0 Å². The van der Waals surface area contributed by atoms with Gasteiger partial charge in [-0.15, -0.1) is 0 Å². The van der Waals surface area contributed by atoms with Crippen molar-refractivity contribution < 1.29 is 8.42 Å². The molecule has 0 bridgehead atoms. The number of benzene rings is 1. The van der Waals surface area contributed by atoms with Crippen molar-refractivity contribution >= 4 is 21.4 Å². The Morgan fingerprint density at radius 1 is 1.29 bits per heavy atom. The fourth-order valence-electron chi connectivity index (χ4n) is 2.83. The fraction of sp³-hybridized carbons (Fsp3) is 0.600. The highest BCUT2D eigenvalue weighted by molar-refractivity contribution is 7.89. The van der Waals surface area contributed by atoms with Gasteiger partial charge in [-0.1, -0.05) is 26.7 Å². The van der Waals surface area contributed by atoms with Crippen molar-refractivity contribution in [3.05, 3.63) is 18.2 Å². The molecule has 0 amide bonds. The van der Waals surface area contributed by atoms with Crippen LogP contribution in [0.15, 0.2) is 23.1 Å². The summed E-state index contributed by atoms with van der Waals surface area (Å²) in [4.78, 5) is 0.254. The number of hydrogen-bond donors (Lipinski definition) is 3. The lowest BCUT2D eigenvalue weighted by atomic mass is 9.86. The van der Waals surface area contributed by atoms with Crippen LogP contribution < -0.4 is 15.8 Å². The van der Waals surface area contributed by atoms with Crippen molar-refractivity contribution in [1.82, 2.24) is 4.72 Å². The van der Waals surface area contributed by atoms with E-state index < -0.39 is 10.0 Å². The van der Waals surface area contributed by atoms with Gasteiger partial charge in [0, 0.05) is 12.6 Å². The van der Waals surface area contributed by atoms with E-state index in [4.69, 9.17) is 5.73 Å². The van der Waals surface area contributed by atoms with E-state index in [1.165, 1.54) is 19.3 Å². The second-order valence-electron chi connectivity index (χ2n) is 5.76. The molecule has 5 nitrogen and oxygen atoms in total. The van der Waals surface area contributed by atoms with Gasteiger partial charge in [0.15, 0.2) is 0 Å². The minimum atomic E-state index is -3.45. The van der Waals surface area contributed by atoms with Crippen LogP contribution >= 0.6 is 0 Å². The topological polar surface area (TPSA) is 84.2 Å². The van der Waals surface area contributed by atoms with Gasteiger partial charge in [-0.25, -0.2) is 13.1 Å². The minimum Gasteiger partial charge on any atom is -0.397 e. The van der Waals surface area contributed by atoms with Crippen molar-refractivity contribution in [2.24, 2.45) is 5.92 Å². The quantitative estimate of drug-likeness (QED) is 0.730. The zero-order valence-corrected chi connectivity index (χ0v) is 13.5. The Kier molecular flexibility index (Phi) is 5.11. The molecular weight excluding hydrogens is 286 g/mol. The summed E-state index contributed by atoms with van der Waals surface area (Å²) >= 11 is 0. The average molecular weight is 311 g/mol. The molecule has 1 aromatic rings. The monoisotopic (exact) mass is 311 g/mol. The number of nitrogen functional groups attached to an aromatic ring is 1. The maximum absolute atomic E-state index is 12.1. The predicted octanol–water partition coefficient (Wildman–Crippen LogP) is 2.56. The molecule has 1 saturated carbocycles. The molecule has 6 heteroatoms. The van der Waals surface area contributed by atoms with E-state index in [-0.39, 0.29) is 4.90 Å². The molecule has 2 atom stereocenters. The molecule has 1 aliphatic carbocycles. The molecule has 1 fully saturated rings. The first-order valence-corrected chi connectivity index (χ1v) is 9.08. The number of nitrogens with two attached hydrogens (primary N) is 1. The molecule has 0 radical (unpaired) electrons. The third-order valence-electron chi connectivity index (χ3n) is 4.12. The van der Waals surface area contributed by atoms with Crippen LogP contribution in [-0.2, 0) is 10.0 Å². The number of nitrogens with one attached hydrogen (secondary N) is 2. The summed E-state index contributed by atoms with van der Waals surface area (Å²) < 4.78 is 26.6.